The number of aromatic nitrogens is 1. The average molecular weight is 452 g/mol. The highest BCUT2D eigenvalue weighted by Gasteiger charge is 2.37. The van der Waals surface area contributed by atoms with Crippen molar-refractivity contribution in [3.63, 3.8) is 0 Å². The molecule has 0 aliphatic carbocycles. The van der Waals surface area contributed by atoms with Crippen LogP contribution in [-0.2, 0) is 4.79 Å². The van der Waals surface area contributed by atoms with Crippen LogP contribution >= 0.6 is 46.6 Å². The molecule has 0 spiro atoms. The number of carbonyl (C=O) groups excluding carboxylic acids is 2. The monoisotopic (exact) mass is 452 g/mol. The van der Waals surface area contributed by atoms with Crippen LogP contribution < -0.4 is 0 Å². The zero-order valence-electron chi connectivity index (χ0n) is 11.6. The third-order valence-electron chi connectivity index (χ3n) is 3.07. The van der Waals surface area contributed by atoms with E-state index in [2.05, 4.69) is 27.6 Å². The van der Waals surface area contributed by atoms with E-state index >= 15 is 0 Å². The van der Waals surface area contributed by atoms with Gasteiger partial charge in [0, 0.05) is 16.0 Å². The van der Waals surface area contributed by atoms with Crippen LogP contribution in [0.25, 0.3) is 6.08 Å². The lowest BCUT2D eigenvalue weighted by atomic mass is 10.2. The fourth-order valence-electron chi connectivity index (χ4n) is 1.97. The molecule has 114 valence electrons. The first kappa shape index (κ1) is 16.3. The maximum Gasteiger partial charge on any atom is 0.273 e. The van der Waals surface area contributed by atoms with E-state index in [9.17, 15) is 9.59 Å². The number of benzene rings is 1. The first-order valence-electron chi connectivity index (χ1n) is 6.54. The Bertz CT molecular complexity index is 820. The molecule has 2 heterocycles. The van der Waals surface area contributed by atoms with Gasteiger partial charge in [-0.15, -0.1) is 0 Å². The quantitative estimate of drug-likeness (QED) is 0.301. The van der Waals surface area contributed by atoms with Gasteiger partial charge in [0.15, 0.2) is 4.32 Å². The molecule has 1 aromatic carbocycles. The molecule has 3 rings (SSSR count). The topological polar surface area (TPSA) is 50.3 Å². The lowest BCUT2D eigenvalue weighted by Crippen LogP contribution is -2.34. The summed E-state index contributed by atoms with van der Waals surface area (Å²) in [7, 11) is 0. The summed E-state index contributed by atoms with van der Waals surface area (Å²) in [5.74, 6) is -0.848. The maximum atomic E-state index is 12.5. The molecule has 7 heteroatoms. The third-order valence-corrected chi connectivity index (χ3v) is 5.09. The zero-order chi connectivity index (χ0) is 16.4. The van der Waals surface area contributed by atoms with Crippen molar-refractivity contribution in [3.05, 3.63) is 68.4 Å². The maximum absolute atomic E-state index is 12.5. The highest BCUT2D eigenvalue weighted by Crippen LogP contribution is 2.33. The van der Waals surface area contributed by atoms with E-state index in [0.29, 0.717) is 10.5 Å². The standard InChI is InChI=1S/C16H9IN2O2S2/c17-12-5-3-10(4-6-12)8-13-15(21)19(16(22)23-13)14(20)11-2-1-7-18-9-11/h1-9H/b13-8+. The molecule has 1 saturated heterocycles. The van der Waals surface area contributed by atoms with Gasteiger partial charge in [0.25, 0.3) is 11.8 Å². The Balaban J connectivity index is 1.88. The van der Waals surface area contributed by atoms with E-state index in [1.807, 2.05) is 24.3 Å². The summed E-state index contributed by atoms with van der Waals surface area (Å²) in [6.45, 7) is 0. The van der Waals surface area contributed by atoms with E-state index in [4.69, 9.17) is 12.2 Å². The zero-order valence-corrected chi connectivity index (χ0v) is 15.4. The predicted octanol–water partition coefficient (Wildman–Crippen LogP) is 3.73. The van der Waals surface area contributed by atoms with Crippen LogP contribution in [0.4, 0.5) is 0 Å². The highest BCUT2D eigenvalue weighted by molar-refractivity contribution is 14.1. The van der Waals surface area contributed by atoms with Crippen molar-refractivity contribution in [1.29, 1.82) is 0 Å². The van der Waals surface area contributed by atoms with Crippen LogP contribution in [-0.4, -0.2) is 26.0 Å². The largest absolute Gasteiger partial charge is 0.273 e. The summed E-state index contributed by atoms with van der Waals surface area (Å²) in [6, 6.07) is 11.0. The lowest BCUT2D eigenvalue weighted by molar-refractivity contribution is -0.120. The molecule has 1 aliphatic rings. The number of nitrogens with zero attached hydrogens (tertiary/aromatic N) is 2. The Kier molecular flexibility index (Phi) is 4.88. The summed E-state index contributed by atoms with van der Waals surface area (Å²) >= 11 is 8.54. The fourth-order valence-corrected chi connectivity index (χ4v) is 3.59. The smallest absolute Gasteiger partial charge is 0.268 e. The SMILES string of the molecule is O=C1/C(=C\c2ccc(I)cc2)SC(=S)N1C(=O)c1cccnc1. The van der Waals surface area contributed by atoms with Crippen LogP contribution in [0.1, 0.15) is 15.9 Å². The first-order chi connectivity index (χ1) is 11.1. The molecule has 4 nitrogen and oxygen atoms in total. The molecule has 0 unspecified atom stereocenters. The fraction of sp³-hybridized carbons (Fsp3) is 0. The number of amides is 2. The van der Waals surface area contributed by atoms with E-state index in [1.54, 1.807) is 24.4 Å². The number of imide groups is 1. The first-order valence-corrected chi connectivity index (χ1v) is 8.84. The molecular formula is C16H9IN2O2S2. The predicted molar refractivity (Wildman–Crippen MR) is 103 cm³/mol. The minimum absolute atomic E-state index is 0.237. The van der Waals surface area contributed by atoms with Crippen molar-refractivity contribution in [2.24, 2.45) is 0 Å². The van der Waals surface area contributed by atoms with Crippen molar-refractivity contribution in [3.8, 4) is 0 Å². The van der Waals surface area contributed by atoms with Gasteiger partial charge in [-0.1, -0.05) is 36.1 Å². The van der Waals surface area contributed by atoms with Gasteiger partial charge in [0.2, 0.25) is 0 Å². The summed E-state index contributed by atoms with van der Waals surface area (Å²) in [5, 5.41) is 0. The van der Waals surface area contributed by atoms with Gasteiger partial charge in [0.05, 0.1) is 10.5 Å². The van der Waals surface area contributed by atoms with Crippen molar-refractivity contribution < 1.29 is 9.59 Å². The second-order valence-corrected chi connectivity index (χ2v) is 7.54. The summed E-state index contributed by atoms with van der Waals surface area (Å²) in [4.78, 5) is 30.3. The second-order valence-electron chi connectivity index (χ2n) is 4.62. The Morgan fingerprint density at radius 1 is 1.26 bits per heavy atom. The summed E-state index contributed by atoms with van der Waals surface area (Å²) < 4.78 is 1.35. The molecule has 0 N–H and O–H groups in total. The van der Waals surface area contributed by atoms with Crippen molar-refractivity contribution >= 4 is 68.8 Å². The van der Waals surface area contributed by atoms with E-state index < -0.39 is 11.8 Å². The Morgan fingerprint density at radius 3 is 2.65 bits per heavy atom. The van der Waals surface area contributed by atoms with Crippen molar-refractivity contribution in [2.45, 2.75) is 0 Å². The van der Waals surface area contributed by atoms with E-state index in [0.717, 1.165) is 25.8 Å². The minimum atomic E-state index is -0.452. The number of hydrogen-bond acceptors (Lipinski definition) is 5. The normalized spacial score (nSPS) is 16.2. The average Bonchev–Trinajstić information content (AvgIpc) is 2.84. The second kappa shape index (κ2) is 6.90. The number of thiocarbonyl (C=S) groups is 1. The van der Waals surface area contributed by atoms with Gasteiger partial charge in [-0.2, -0.15) is 0 Å². The molecule has 0 radical (unpaired) electrons. The van der Waals surface area contributed by atoms with Crippen LogP contribution in [0.5, 0.6) is 0 Å². The molecule has 0 bridgehead atoms. The lowest BCUT2D eigenvalue weighted by Gasteiger charge is -2.11. The van der Waals surface area contributed by atoms with Crippen molar-refractivity contribution in [1.82, 2.24) is 9.88 Å². The molecule has 1 aromatic heterocycles. The number of hydrogen-bond donors (Lipinski definition) is 0. The molecule has 0 atom stereocenters. The molecule has 1 aliphatic heterocycles. The Hall–Kier alpha value is -1.58. The molecule has 2 amide bonds. The third kappa shape index (κ3) is 3.51. The van der Waals surface area contributed by atoms with Crippen molar-refractivity contribution in [2.75, 3.05) is 0 Å². The van der Waals surface area contributed by atoms with E-state index in [1.165, 1.54) is 6.20 Å². The number of pyridine rings is 1. The van der Waals surface area contributed by atoms with Gasteiger partial charge < -0.3 is 0 Å². The number of halogens is 1. The minimum Gasteiger partial charge on any atom is -0.268 e. The number of rotatable bonds is 2. The van der Waals surface area contributed by atoms with Gasteiger partial charge in [-0.25, -0.2) is 4.90 Å². The van der Waals surface area contributed by atoms with Gasteiger partial charge in [-0.05, 0) is 58.5 Å². The summed E-state index contributed by atoms with van der Waals surface area (Å²) in [6.07, 6.45) is 4.73. The highest BCUT2D eigenvalue weighted by atomic mass is 127. The van der Waals surface area contributed by atoms with Gasteiger partial charge in [0.1, 0.15) is 0 Å². The molecule has 2 aromatic rings. The molecule has 1 fully saturated rings. The summed E-state index contributed by atoms with van der Waals surface area (Å²) in [5.41, 5.74) is 1.22. The Labute approximate surface area is 156 Å². The van der Waals surface area contributed by atoms with E-state index in [-0.39, 0.29) is 4.32 Å². The van der Waals surface area contributed by atoms with Gasteiger partial charge in [-0.3, -0.25) is 14.6 Å². The molecule has 0 saturated carbocycles. The van der Waals surface area contributed by atoms with Crippen LogP contribution in [0.3, 0.4) is 0 Å². The van der Waals surface area contributed by atoms with Gasteiger partial charge >= 0.3 is 0 Å². The molecular weight excluding hydrogens is 443 g/mol. The molecule has 23 heavy (non-hydrogen) atoms. The number of carbonyl (C=O) groups is 2. The number of thioether (sulfide) groups is 1. The van der Waals surface area contributed by atoms with Crippen LogP contribution in [0.15, 0.2) is 53.7 Å². The van der Waals surface area contributed by atoms with Crippen LogP contribution in [0, 0.1) is 3.57 Å². The Morgan fingerprint density at radius 2 is 2.00 bits per heavy atom. The van der Waals surface area contributed by atoms with Crippen LogP contribution in [0.2, 0.25) is 0 Å².